The Balaban J connectivity index is 1.32. The van der Waals surface area contributed by atoms with Crippen LogP contribution in [0.15, 0.2) is 72.8 Å². The molecule has 170 valence electrons. The van der Waals surface area contributed by atoms with Crippen molar-refractivity contribution >= 4 is 34.8 Å². The third-order valence-corrected chi connectivity index (χ3v) is 6.17. The number of benzene rings is 3. The molecule has 0 fully saturated rings. The van der Waals surface area contributed by atoms with E-state index in [0.29, 0.717) is 29.2 Å². The van der Waals surface area contributed by atoms with Crippen LogP contribution in [-0.4, -0.2) is 28.1 Å². The fourth-order valence-electron chi connectivity index (χ4n) is 4.11. The van der Waals surface area contributed by atoms with Crippen LogP contribution >= 0.6 is 11.6 Å². The van der Waals surface area contributed by atoms with Gasteiger partial charge in [-0.25, -0.2) is 9.07 Å². The smallest absolute Gasteiger partial charge is 0.260 e. The van der Waals surface area contributed by atoms with E-state index in [9.17, 15) is 14.0 Å². The zero-order valence-electron chi connectivity index (χ0n) is 18.3. The molecule has 0 saturated heterocycles. The molecule has 0 bridgehead atoms. The second kappa shape index (κ2) is 8.76. The van der Waals surface area contributed by atoms with Crippen LogP contribution in [0.4, 0.5) is 15.8 Å². The number of fused-ring (bicyclic) bond motifs is 1. The Morgan fingerprint density at radius 1 is 1.00 bits per heavy atom. The molecule has 0 saturated carbocycles. The van der Waals surface area contributed by atoms with Crippen LogP contribution in [0.2, 0.25) is 5.15 Å². The molecular weight excluding hydrogens is 455 g/mol. The Morgan fingerprint density at radius 3 is 2.44 bits per heavy atom. The van der Waals surface area contributed by atoms with Crippen molar-refractivity contribution < 1.29 is 14.0 Å². The Labute approximate surface area is 200 Å². The zero-order valence-corrected chi connectivity index (χ0v) is 19.0. The monoisotopic (exact) mass is 474 g/mol. The van der Waals surface area contributed by atoms with Crippen LogP contribution in [0.25, 0.3) is 5.69 Å². The lowest BCUT2D eigenvalue weighted by molar-refractivity contribution is 0.0988. The van der Waals surface area contributed by atoms with E-state index < -0.39 is 5.91 Å². The number of hydrogen-bond donors (Lipinski definition) is 1. The molecular formula is C26H20ClFN4O2. The van der Waals surface area contributed by atoms with Crippen LogP contribution in [-0.2, 0) is 6.42 Å². The van der Waals surface area contributed by atoms with Crippen LogP contribution < -0.4 is 10.2 Å². The maximum atomic E-state index is 13.2. The van der Waals surface area contributed by atoms with Crippen molar-refractivity contribution in [3.63, 3.8) is 0 Å². The van der Waals surface area contributed by atoms with Gasteiger partial charge >= 0.3 is 0 Å². The molecule has 2 amide bonds. The Bertz CT molecular complexity index is 1400. The predicted octanol–water partition coefficient (Wildman–Crippen LogP) is 5.43. The number of halogens is 2. The highest BCUT2D eigenvalue weighted by Crippen LogP contribution is 2.29. The number of carbonyl (C=O) groups excluding carboxylic acids is 2. The van der Waals surface area contributed by atoms with Gasteiger partial charge in [0.05, 0.1) is 11.4 Å². The predicted molar refractivity (Wildman–Crippen MR) is 129 cm³/mol. The number of carbonyl (C=O) groups is 2. The van der Waals surface area contributed by atoms with E-state index in [1.165, 1.54) is 28.9 Å². The summed E-state index contributed by atoms with van der Waals surface area (Å²) >= 11 is 6.44. The van der Waals surface area contributed by atoms with E-state index in [-0.39, 0.29) is 22.4 Å². The van der Waals surface area contributed by atoms with Crippen molar-refractivity contribution in [2.24, 2.45) is 0 Å². The zero-order chi connectivity index (χ0) is 23.8. The van der Waals surface area contributed by atoms with Gasteiger partial charge < -0.3 is 10.2 Å². The molecule has 0 atom stereocenters. The Kier molecular flexibility index (Phi) is 5.63. The van der Waals surface area contributed by atoms with E-state index in [1.807, 2.05) is 24.3 Å². The second-order valence-corrected chi connectivity index (χ2v) is 8.36. The van der Waals surface area contributed by atoms with E-state index in [1.54, 1.807) is 36.1 Å². The van der Waals surface area contributed by atoms with Gasteiger partial charge in [-0.2, -0.15) is 5.10 Å². The summed E-state index contributed by atoms with van der Waals surface area (Å²) < 4.78 is 14.6. The summed E-state index contributed by atoms with van der Waals surface area (Å²) in [5, 5.41) is 7.25. The standard InChI is InChI=1S/C26H20ClFN4O2/c1-16-23(24(27)32(30-16)21-12-8-19(28)9-13-21)25(33)29-20-10-6-18(7-11-20)26(34)31-15-14-17-4-2-3-5-22(17)31/h2-13H,14-15H2,1H3,(H,29,33). The average Bonchev–Trinajstić information content (AvgIpc) is 3.40. The SMILES string of the molecule is Cc1nn(-c2ccc(F)cc2)c(Cl)c1C(=O)Nc1ccc(C(=O)N2CCc3ccccc32)cc1. The van der Waals surface area contributed by atoms with Gasteiger partial charge in [0.25, 0.3) is 11.8 Å². The minimum atomic E-state index is -0.427. The van der Waals surface area contributed by atoms with E-state index in [2.05, 4.69) is 10.4 Å². The van der Waals surface area contributed by atoms with Gasteiger partial charge in [0.1, 0.15) is 16.5 Å². The highest BCUT2D eigenvalue weighted by Gasteiger charge is 2.25. The molecule has 1 aromatic heterocycles. The third-order valence-electron chi connectivity index (χ3n) is 5.82. The molecule has 0 unspecified atom stereocenters. The van der Waals surface area contributed by atoms with Gasteiger partial charge in [0.15, 0.2) is 0 Å². The molecule has 0 aliphatic carbocycles. The first-order chi connectivity index (χ1) is 16.4. The quantitative estimate of drug-likeness (QED) is 0.429. The van der Waals surface area contributed by atoms with Gasteiger partial charge in [0.2, 0.25) is 0 Å². The molecule has 2 heterocycles. The number of nitrogens with zero attached hydrogens (tertiary/aromatic N) is 3. The number of aromatic nitrogens is 2. The maximum Gasteiger partial charge on any atom is 0.260 e. The summed E-state index contributed by atoms with van der Waals surface area (Å²) in [6.45, 7) is 2.32. The fraction of sp³-hybridized carbons (Fsp3) is 0.115. The van der Waals surface area contributed by atoms with Crippen molar-refractivity contribution in [3.8, 4) is 5.69 Å². The van der Waals surface area contributed by atoms with E-state index in [4.69, 9.17) is 11.6 Å². The first-order valence-corrected chi connectivity index (χ1v) is 11.1. The Morgan fingerprint density at radius 2 is 1.71 bits per heavy atom. The summed E-state index contributed by atoms with van der Waals surface area (Å²) in [7, 11) is 0. The number of amides is 2. The fourth-order valence-corrected chi connectivity index (χ4v) is 4.46. The number of para-hydroxylation sites is 1. The Hall–Kier alpha value is -3.97. The lowest BCUT2D eigenvalue weighted by Crippen LogP contribution is -2.28. The summed E-state index contributed by atoms with van der Waals surface area (Å²) in [6.07, 6.45) is 0.835. The molecule has 0 radical (unpaired) electrons. The molecule has 1 N–H and O–H groups in total. The van der Waals surface area contributed by atoms with E-state index in [0.717, 1.165) is 17.7 Å². The van der Waals surface area contributed by atoms with Gasteiger partial charge in [-0.15, -0.1) is 0 Å². The largest absolute Gasteiger partial charge is 0.322 e. The maximum absolute atomic E-state index is 13.2. The van der Waals surface area contributed by atoms with Gasteiger partial charge in [0, 0.05) is 23.5 Å². The van der Waals surface area contributed by atoms with Gasteiger partial charge in [-0.3, -0.25) is 9.59 Å². The summed E-state index contributed by atoms with van der Waals surface area (Å²) in [6, 6.07) is 20.3. The number of aryl methyl sites for hydroxylation is 1. The highest BCUT2D eigenvalue weighted by atomic mass is 35.5. The molecule has 1 aliphatic heterocycles. The number of nitrogens with one attached hydrogen (secondary N) is 1. The number of rotatable bonds is 4. The lowest BCUT2D eigenvalue weighted by atomic mass is 10.1. The topological polar surface area (TPSA) is 67.2 Å². The minimum absolute atomic E-state index is 0.0812. The van der Waals surface area contributed by atoms with Crippen molar-refractivity contribution in [3.05, 3.63) is 106 Å². The van der Waals surface area contributed by atoms with Gasteiger partial charge in [-0.05, 0) is 73.5 Å². The van der Waals surface area contributed by atoms with Crippen LogP contribution in [0, 0.1) is 12.7 Å². The van der Waals surface area contributed by atoms with E-state index >= 15 is 0 Å². The van der Waals surface area contributed by atoms with Crippen molar-refractivity contribution in [1.82, 2.24) is 9.78 Å². The lowest BCUT2D eigenvalue weighted by Gasteiger charge is -2.17. The summed E-state index contributed by atoms with van der Waals surface area (Å²) in [4.78, 5) is 27.7. The summed E-state index contributed by atoms with van der Waals surface area (Å²) in [5.74, 6) is -0.886. The highest BCUT2D eigenvalue weighted by molar-refractivity contribution is 6.34. The molecule has 1 aliphatic rings. The molecule has 8 heteroatoms. The van der Waals surface area contributed by atoms with Crippen LogP contribution in [0.5, 0.6) is 0 Å². The van der Waals surface area contributed by atoms with Gasteiger partial charge in [-0.1, -0.05) is 29.8 Å². The number of anilines is 2. The first-order valence-electron chi connectivity index (χ1n) is 10.7. The molecule has 6 nitrogen and oxygen atoms in total. The van der Waals surface area contributed by atoms with Crippen molar-refractivity contribution in [2.45, 2.75) is 13.3 Å². The second-order valence-electron chi connectivity index (χ2n) is 8.01. The molecule has 0 spiro atoms. The van der Waals surface area contributed by atoms with Crippen LogP contribution in [0.3, 0.4) is 0 Å². The summed E-state index contributed by atoms with van der Waals surface area (Å²) in [5.41, 5.74) is 4.36. The van der Waals surface area contributed by atoms with Crippen LogP contribution in [0.1, 0.15) is 32.0 Å². The van der Waals surface area contributed by atoms with Crippen molar-refractivity contribution in [1.29, 1.82) is 0 Å². The minimum Gasteiger partial charge on any atom is -0.322 e. The molecule has 4 aromatic rings. The molecule has 34 heavy (non-hydrogen) atoms. The molecule has 3 aromatic carbocycles. The normalized spacial score (nSPS) is 12.5. The van der Waals surface area contributed by atoms with Crippen molar-refractivity contribution in [2.75, 3.05) is 16.8 Å². The molecule has 5 rings (SSSR count). The average molecular weight is 475 g/mol. The first kappa shape index (κ1) is 21.9. The third kappa shape index (κ3) is 3.95. The number of hydrogen-bond acceptors (Lipinski definition) is 3.